The lowest BCUT2D eigenvalue weighted by Crippen LogP contribution is -2.47. The molecule has 10 heteroatoms. The first-order valence-electron chi connectivity index (χ1n) is 34.8. The number of allylic oxidation sites excluding steroid dienone is 11. The molecular weight excluding hydrogens is 1040 g/mol. The summed E-state index contributed by atoms with van der Waals surface area (Å²) in [6.45, 7) is 7.00. The van der Waals surface area contributed by atoms with Crippen LogP contribution in [0.1, 0.15) is 323 Å². The number of esters is 1. The van der Waals surface area contributed by atoms with Crippen molar-refractivity contribution in [2.45, 2.75) is 335 Å². The van der Waals surface area contributed by atoms with Gasteiger partial charge in [-0.3, -0.25) is 18.6 Å². The molecule has 0 aliphatic carbocycles. The van der Waals surface area contributed by atoms with Crippen molar-refractivity contribution in [1.82, 2.24) is 5.32 Å². The fourth-order valence-electron chi connectivity index (χ4n) is 9.98. The summed E-state index contributed by atoms with van der Waals surface area (Å²) in [5.74, 6) is -0.506. The number of unbranched alkanes of at least 4 members (excludes halogenated alkanes) is 37. The largest absolute Gasteiger partial charge is 0.472 e. The Balaban J connectivity index is 5.11. The normalized spacial score (nSPS) is 14.0. The third kappa shape index (κ3) is 62.0. The van der Waals surface area contributed by atoms with Gasteiger partial charge in [0.15, 0.2) is 0 Å². The maximum atomic E-state index is 13.6. The number of phosphoric ester groups is 1. The highest BCUT2D eigenvalue weighted by atomic mass is 31.2. The van der Waals surface area contributed by atoms with Crippen LogP contribution in [-0.4, -0.2) is 74.3 Å². The van der Waals surface area contributed by atoms with E-state index in [2.05, 4.69) is 86.8 Å². The topological polar surface area (TPSA) is 111 Å². The predicted octanol–water partition coefficient (Wildman–Crippen LogP) is 22.0. The molecule has 82 heavy (non-hydrogen) atoms. The summed E-state index contributed by atoms with van der Waals surface area (Å²) in [5.41, 5.74) is 0. The van der Waals surface area contributed by atoms with E-state index in [4.69, 9.17) is 13.8 Å². The lowest BCUT2D eigenvalue weighted by molar-refractivity contribution is -0.870. The molecule has 0 saturated carbocycles. The smallest absolute Gasteiger partial charge is 0.456 e. The van der Waals surface area contributed by atoms with Crippen LogP contribution in [0.2, 0.25) is 0 Å². The Morgan fingerprint density at radius 1 is 0.427 bits per heavy atom. The molecule has 3 atom stereocenters. The molecule has 1 amide bonds. The first kappa shape index (κ1) is 79.5. The molecule has 0 aromatic carbocycles. The van der Waals surface area contributed by atoms with Gasteiger partial charge in [-0.15, -0.1) is 0 Å². The van der Waals surface area contributed by atoms with Crippen LogP contribution in [0.25, 0.3) is 0 Å². The van der Waals surface area contributed by atoms with Gasteiger partial charge < -0.3 is 19.4 Å². The molecule has 478 valence electrons. The van der Waals surface area contributed by atoms with Crippen molar-refractivity contribution in [2.24, 2.45) is 0 Å². The van der Waals surface area contributed by atoms with Gasteiger partial charge in [-0.2, -0.15) is 0 Å². The molecule has 0 fully saturated rings. The summed E-state index contributed by atoms with van der Waals surface area (Å²) in [6.07, 6.45) is 80.4. The highest BCUT2D eigenvalue weighted by molar-refractivity contribution is 7.47. The summed E-state index contributed by atoms with van der Waals surface area (Å²) in [7, 11) is 1.49. The van der Waals surface area contributed by atoms with Crippen LogP contribution in [-0.2, 0) is 27.9 Å². The van der Waals surface area contributed by atoms with Crippen molar-refractivity contribution >= 4 is 19.7 Å². The molecule has 0 aliphatic heterocycles. The van der Waals surface area contributed by atoms with Gasteiger partial charge in [0.05, 0.1) is 33.8 Å². The highest BCUT2D eigenvalue weighted by Crippen LogP contribution is 2.43. The molecule has 0 rings (SSSR count). The average Bonchev–Trinajstić information content (AvgIpc) is 3.44. The average molecular weight is 1170 g/mol. The molecule has 9 nitrogen and oxygen atoms in total. The Morgan fingerprint density at radius 2 is 0.744 bits per heavy atom. The Hall–Kier alpha value is -2.55. The molecule has 2 N–H and O–H groups in total. The first-order chi connectivity index (χ1) is 39.9. The summed E-state index contributed by atoms with van der Waals surface area (Å²) < 4.78 is 30.8. The number of phosphoric acid groups is 1. The maximum absolute atomic E-state index is 13.6. The number of likely N-dealkylation sites (N-methyl/N-ethyl adjacent to an activating group) is 1. The number of carbonyl (C=O) groups is 2. The minimum atomic E-state index is -4.46. The van der Waals surface area contributed by atoms with Crippen molar-refractivity contribution in [2.75, 3.05) is 40.9 Å². The number of quaternary nitrogens is 1. The molecule has 0 bridgehead atoms. The maximum Gasteiger partial charge on any atom is 0.472 e. The fraction of sp³-hybridized carbons (Fsp3) is 0.806. The fourth-order valence-corrected chi connectivity index (χ4v) is 10.7. The summed E-state index contributed by atoms with van der Waals surface area (Å²) in [6, 6.07) is -0.855. The molecule has 0 spiro atoms. The minimum absolute atomic E-state index is 0.0372. The molecule has 0 aromatic rings. The van der Waals surface area contributed by atoms with Gasteiger partial charge in [-0.25, -0.2) is 4.57 Å². The van der Waals surface area contributed by atoms with E-state index in [0.717, 1.165) is 89.9 Å². The van der Waals surface area contributed by atoms with E-state index in [0.29, 0.717) is 17.4 Å². The molecular formula is C72H134N2O7P+. The number of nitrogens with one attached hydrogen (secondary N) is 1. The third-order valence-electron chi connectivity index (χ3n) is 15.4. The summed E-state index contributed by atoms with van der Waals surface area (Å²) in [4.78, 5) is 37.9. The molecule has 0 heterocycles. The monoisotopic (exact) mass is 1170 g/mol. The summed E-state index contributed by atoms with van der Waals surface area (Å²) in [5, 5.41) is 3.07. The highest BCUT2D eigenvalue weighted by Gasteiger charge is 2.30. The zero-order valence-corrected chi connectivity index (χ0v) is 55.6. The number of rotatable bonds is 63. The van der Waals surface area contributed by atoms with Crippen molar-refractivity contribution in [3.05, 3.63) is 72.9 Å². The zero-order valence-electron chi connectivity index (χ0n) is 54.7. The van der Waals surface area contributed by atoms with Crippen molar-refractivity contribution in [3.8, 4) is 0 Å². The lowest BCUT2D eigenvalue weighted by atomic mass is 10.0. The summed E-state index contributed by atoms with van der Waals surface area (Å²) >= 11 is 0. The molecule has 3 unspecified atom stereocenters. The Bertz CT molecular complexity index is 1630. The molecule has 0 aromatic heterocycles. The number of nitrogens with zero attached hydrogens (tertiary/aromatic N) is 1. The predicted molar refractivity (Wildman–Crippen MR) is 355 cm³/mol. The van der Waals surface area contributed by atoms with Gasteiger partial charge in [0.2, 0.25) is 5.91 Å². The minimum Gasteiger partial charge on any atom is -0.456 e. The van der Waals surface area contributed by atoms with E-state index in [-0.39, 0.29) is 31.5 Å². The third-order valence-corrected chi connectivity index (χ3v) is 16.4. The van der Waals surface area contributed by atoms with Gasteiger partial charge in [-0.1, -0.05) is 280 Å². The number of amides is 1. The van der Waals surface area contributed by atoms with Gasteiger partial charge in [0.25, 0.3) is 0 Å². The van der Waals surface area contributed by atoms with E-state index in [1.54, 1.807) is 0 Å². The Morgan fingerprint density at radius 3 is 1.15 bits per heavy atom. The molecule has 0 radical (unpaired) electrons. The van der Waals surface area contributed by atoms with Crippen LogP contribution in [0.3, 0.4) is 0 Å². The Labute approximate surface area is 508 Å². The van der Waals surface area contributed by atoms with Gasteiger partial charge in [0.1, 0.15) is 19.3 Å². The van der Waals surface area contributed by atoms with Crippen LogP contribution in [0.5, 0.6) is 0 Å². The van der Waals surface area contributed by atoms with Crippen LogP contribution in [0, 0.1) is 0 Å². The Kier molecular flexibility index (Phi) is 59.6. The van der Waals surface area contributed by atoms with Crippen LogP contribution >= 0.6 is 7.82 Å². The van der Waals surface area contributed by atoms with Crippen LogP contribution in [0.15, 0.2) is 72.9 Å². The van der Waals surface area contributed by atoms with Gasteiger partial charge in [0, 0.05) is 12.8 Å². The first-order valence-corrected chi connectivity index (χ1v) is 36.3. The van der Waals surface area contributed by atoms with E-state index in [9.17, 15) is 19.0 Å². The van der Waals surface area contributed by atoms with E-state index < -0.39 is 20.0 Å². The molecule has 0 saturated heterocycles. The number of hydrogen-bond donors (Lipinski definition) is 2. The van der Waals surface area contributed by atoms with E-state index >= 15 is 0 Å². The second-order valence-corrected chi connectivity index (χ2v) is 26.1. The molecule has 0 aliphatic rings. The second kappa shape index (κ2) is 61.5. The lowest BCUT2D eigenvalue weighted by Gasteiger charge is -2.27. The number of hydrogen-bond acceptors (Lipinski definition) is 6. The standard InChI is InChI=1S/C72H133N2O7P/c1-7-10-13-16-19-22-25-28-30-32-34-35-36-37-38-39-41-42-44-46-49-52-55-58-61-64-71(75)73-69(68-80-82(77,78)79-67-66-74(4,5)6)70(63-60-57-54-51-48-27-24-21-18-15-12-9-3)81-72(76)65-62-59-56-53-50-47-45-43-40-33-31-29-26-23-20-17-14-11-8-2/h19,22,28-31,34-35,37-38,60,63,69-70H,7-18,20-21,23-27,32-33,36,39-59,61-62,64-68H2,1-6H3,(H-,73,75,77,78)/p+1/b22-19-,30-28-,31-29+,35-34-,38-37-,63-60-. The van der Waals surface area contributed by atoms with Crippen LogP contribution in [0.4, 0.5) is 0 Å². The SMILES string of the molecule is CCCCC/C=C\C/C=C\C/C=C\C/C=C\CCCCCCCCCCCC(=O)NC(COP(=O)(O)OCC[N+](C)(C)C)C(/C=C\CCCCCCCCCCCC)OC(=O)CCCCCCCCCCC/C=C/CCCCCCCC. The van der Waals surface area contributed by atoms with Crippen molar-refractivity contribution < 1.29 is 37.3 Å². The van der Waals surface area contributed by atoms with Gasteiger partial charge >= 0.3 is 13.8 Å². The van der Waals surface area contributed by atoms with Crippen molar-refractivity contribution in [1.29, 1.82) is 0 Å². The number of ether oxygens (including phenoxy) is 1. The van der Waals surface area contributed by atoms with Crippen LogP contribution < -0.4 is 5.32 Å². The zero-order chi connectivity index (χ0) is 60.0. The van der Waals surface area contributed by atoms with Gasteiger partial charge in [-0.05, 0) is 102 Å². The van der Waals surface area contributed by atoms with E-state index in [1.807, 2.05) is 33.3 Å². The second-order valence-electron chi connectivity index (χ2n) is 24.7. The van der Waals surface area contributed by atoms with Crippen molar-refractivity contribution in [3.63, 3.8) is 0 Å². The van der Waals surface area contributed by atoms with E-state index in [1.165, 1.54) is 199 Å². The number of carbonyl (C=O) groups excluding carboxylic acids is 2. The quantitative estimate of drug-likeness (QED) is 0.0205.